The van der Waals surface area contributed by atoms with E-state index < -0.39 is 6.04 Å². The summed E-state index contributed by atoms with van der Waals surface area (Å²) in [5, 5.41) is 3.59. The second-order valence-corrected chi connectivity index (χ2v) is 7.95. The van der Waals surface area contributed by atoms with E-state index in [1.165, 1.54) is 0 Å². The van der Waals surface area contributed by atoms with E-state index in [0.29, 0.717) is 31.0 Å². The predicted molar refractivity (Wildman–Crippen MR) is 125 cm³/mol. The first-order valence-corrected chi connectivity index (χ1v) is 10.8. The molecular formula is C26H27ClN2O2. The van der Waals surface area contributed by atoms with E-state index >= 15 is 0 Å². The standard InChI is InChI=1S/C26H27ClN2O2/c1-20(26(31)28-18-22-12-15-24(27)16-13-22)29(19-23-10-6-3-7-11-23)25(30)17-14-21-8-4-2-5-9-21/h2-13,15-16,20H,14,17-19H2,1H3,(H,28,31)/t20-/m1/s1. The minimum atomic E-state index is -0.587. The monoisotopic (exact) mass is 434 g/mol. The van der Waals surface area contributed by atoms with E-state index in [9.17, 15) is 9.59 Å². The zero-order valence-electron chi connectivity index (χ0n) is 17.6. The highest BCUT2D eigenvalue weighted by Gasteiger charge is 2.25. The molecule has 0 heterocycles. The van der Waals surface area contributed by atoms with Crippen molar-refractivity contribution in [3.8, 4) is 0 Å². The van der Waals surface area contributed by atoms with E-state index in [1.807, 2.05) is 72.8 Å². The number of hydrogen-bond acceptors (Lipinski definition) is 2. The molecule has 4 nitrogen and oxygen atoms in total. The van der Waals surface area contributed by atoms with Gasteiger partial charge in [-0.15, -0.1) is 0 Å². The van der Waals surface area contributed by atoms with Gasteiger partial charge in [0.05, 0.1) is 0 Å². The van der Waals surface area contributed by atoms with Crippen molar-refractivity contribution in [3.63, 3.8) is 0 Å². The van der Waals surface area contributed by atoms with Crippen LogP contribution in [0.2, 0.25) is 5.02 Å². The second-order valence-electron chi connectivity index (χ2n) is 7.51. The molecule has 0 fully saturated rings. The summed E-state index contributed by atoms with van der Waals surface area (Å²) >= 11 is 5.92. The topological polar surface area (TPSA) is 49.4 Å². The van der Waals surface area contributed by atoms with Gasteiger partial charge < -0.3 is 10.2 Å². The highest BCUT2D eigenvalue weighted by atomic mass is 35.5. The van der Waals surface area contributed by atoms with Crippen molar-refractivity contribution < 1.29 is 9.59 Å². The number of halogens is 1. The normalized spacial score (nSPS) is 11.5. The van der Waals surface area contributed by atoms with Crippen LogP contribution in [0.1, 0.15) is 30.0 Å². The molecule has 3 rings (SSSR count). The van der Waals surface area contributed by atoms with Crippen LogP contribution >= 0.6 is 11.6 Å². The van der Waals surface area contributed by atoms with Crippen LogP contribution in [0, 0.1) is 0 Å². The number of nitrogens with one attached hydrogen (secondary N) is 1. The van der Waals surface area contributed by atoms with E-state index in [2.05, 4.69) is 5.32 Å². The van der Waals surface area contributed by atoms with Crippen LogP contribution in [-0.2, 0) is 29.1 Å². The third kappa shape index (κ3) is 6.97. The average molecular weight is 435 g/mol. The van der Waals surface area contributed by atoms with Crippen LogP contribution in [0.5, 0.6) is 0 Å². The van der Waals surface area contributed by atoms with Gasteiger partial charge in [0.25, 0.3) is 0 Å². The molecule has 160 valence electrons. The van der Waals surface area contributed by atoms with Crippen molar-refractivity contribution in [2.45, 2.75) is 38.9 Å². The number of benzene rings is 3. The molecule has 2 amide bonds. The van der Waals surface area contributed by atoms with Crippen LogP contribution < -0.4 is 5.32 Å². The molecule has 0 aromatic heterocycles. The summed E-state index contributed by atoms with van der Waals surface area (Å²) < 4.78 is 0. The Balaban J connectivity index is 1.66. The van der Waals surface area contributed by atoms with Crippen molar-refractivity contribution in [2.24, 2.45) is 0 Å². The molecule has 1 atom stereocenters. The number of nitrogens with zero attached hydrogens (tertiary/aromatic N) is 1. The third-order valence-corrected chi connectivity index (χ3v) is 5.47. The SMILES string of the molecule is C[C@H](C(=O)NCc1ccc(Cl)cc1)N(Cc1ccccc1)C(=O)CCc1ccccc1. The van der Waals surface area contributed by atoms with E-state index in [4.69, 9.17) is 11.6 Å². The summed E-state index contributed by atoms with van der Waals surface area (Å²) in [6.45, 7) is 2.56. The van der Waals surface area contributed by atoms with Gasteiger partial charge in [0.15, 0.2) is 0 Å². The summed E-state index contributed by atoms with van der Waals surface area (Å²) in [5.74, 6) is -0.221. The molecule has 31 heavy (non-hydrogen) atoms. The van der Waals surface area contributed by atoms with Crippen molar-refractivity contribution in [1.29, 1.82) is 0 Å². The first-order valence-electron chi connectivity index (χ1n) is 10.4. The second kappa shape index (κ2) is 11.3. The Labute approximate surface area is 188 Å². The molecule has 0 radical (unpaired) electrons. The fourth-order valence-electron chi connectivity index (χ4n) is 3.34. The lowest BCUT2D eigenvalue weighted by atomic mass is 10.1. The van der Waals surface area contributed by atoms with Gasteiger partial charge in [-0.3, -0.25) is 9.59 Å². The summed E-state index contributed by atoms with van der Waals surface area (Å²) in [6, 6.07) is 26.4. The van der Waals surface area contributed by atoms with Crippen molar-refractivity contribution in [2.75, 3.05) is 0 Å². The zero-order chi connectivity index (χ0) is 22.1. The number of aryl methyl sites for hydroxylation is 1. The van der Waals surface area contributed by atoms with Gasteiger partial charge in [-0.25, -0.2) is 0 Å². The van der Waals surface area contributed by atoms with Crippen LogP contribution in [0.25, 0.3) is 0 Å². The van der Waals surface area contributed by atoms with Gasteiger partial charge in [-0.05, 0) is 42.2 Å². The Hall–Kier alpha value is -3.11. The first-order chi connectivity index (χ1) is 15.0. The van der Waals surface area contributed by atoms with Gasteiger partial charge >= 0.3 is 0 Å². The van der Waals surface area contributed by atoms with Crippen LogP contribution in [0.4, 0.5) is 0 Å². The summed E-state index contributed by atoms with van der Waals surface area (Å²) in [4.78, 5) is 27.6. The number of hydrogen-bond donors (Lipinski definition) is 1. The number of carbonyl (C=O) groups excluding carboxylic acids is 2. The molecule has 0 bridgehead atoms. The minimum Gasteiger partial charge on any atom is -0.350 e. The largest absolute Gasteiger partial charge is 0.350 e. The van der Waals surface area contributed by atoms with Crippen LogP contribution in [0.15, 0.2) is 84.9 Å². The van der Waals surface area contributed by atoms with Crippen molar-refractivity contribution in [3.05, 3.63) is 107 Å². The van der Waals surface area contributed by atoms with Gasteiger partial charge in [0.2, 0.25) is 11.8 Å². The summed E-state index contributed by atoms with van der Waals surface area (Å²) in [6.07, 6.45) is 0.996. The third-order valence-electron chi connectivity index (χ3n) is 5.21. The minimum absolute atomic E-state index is 0.0400. The molecular weight excluding hydrogens is 408 g/mol. The van der Waals surface area contributed by atoms with Gasteiger partial charge in [-0.1, -0.05) is 84.4 Å². The lowest BCUT2D eigenvalue weighted by Crippen LogP contribution is -2.47. The Kier molecular flexibility index (Phi) is 8.25. The maximum atomic E-state index is 13.1. The van der Waals surface area contributed by atoms with Crippen molar-refractivity contribution in [1.82, 2.24) is 10.2 Å². The first kappa shape index (κ1) is 22.6. The Bertz CT molecular complexity index is 975. The quantitative estimate of drug-likeness (QED) is 0.514. The van der Waals surface area contributed by atoms with Gasteiger partial charge in [0.1, 0.15) is 6.04 Å². The number of carbonyl (C=O) groups is 2. The van der Waals surface area contributed by atoms with Gasteiger partial charge in [-0.2, -0.15) is 0 Å². The molecule has 3 aromatic carbocycles. The molecule has 0 aliphatic heterocycles. The maximum Gasteiger partial charge on any atom is 0.242 e. The van der Waals surface area contributed by atoms with Crippen molar-refractivity contribution >= 4 is 23.4 Å². The highest BCUT2D eigenvalue weighted by molar-refractivity contribution is 6.30. The average Bonchev–Trinajstić information content (AvgIpc) is 2.81. The van der Waals surface area contributed by atoms with E-state index in [0.717, 1.165) is 16.7 Å². The molecule has 1 N–H and O–H groups in total. The lowest BCUT2D eigenvalue weighted by molar-refractivity contribution is -0.140. The molecule has 0 saturated heterocycles. The number of amides is 2. The number of rotatable bonds is 9. The molecule has 0 unspecified atom stereocenters. The van der Waals surface area contributed by atoms with Gasteiger partial charge in [0, 0.05) is 24.5 Å². The zero-order valence-corrected chi connectivity index (χ0v) is 18.4. The summed E-state index contributed by atoms with van der Waals surface area (Å²) in [5.41, 5.74) is 3.05. The molecule has 5 heteroatoms. The highest BCUT2D eigenvalue weighted by Crippen LogP contribution is 2.14. The molecule has 0 spiro atoms. The molecule has 0 aliphatic rings. The molecule has 3 aromatic rings. The fraction of sp³-hybridized carbons (Fsp3) is 0.231. The Morgan fingerprint density at radius 3 is 2.03 bits per heavy atom. The Morgan fingerprint density at radius 2 is 1.42 bits per heavy atom. The molecule has 0 aliphatic carbocycles. The maximum absolute atomic E-state index is 13.1. The van der Waals surface area contributed by atoms with Crippen LogP contribution in [-0.4, -0.2) is 22.8 Å². The lowest BCUT2D eigenvalue weighted by Gasteiger charge is -2.29. The fourth-order valence-corrected chi connectivity index (χ4v) is 3.47. The Morgan fingerprint density at radius 1 is 0.839 bits per heavy atom. The van der Waals surface area contributed by atoms with E-state index in [-0.39, 0.29) is 11.8 Å². The summed E-state index contributed by atoms with van der Waals surface area (Å²) in [7, 11) is 0. The predicted octanol–water partition coefficient (Wildman–Crippen LogP) is 5.01. The molecule has 0 saturated carbocycles. The smallest absolute Gasteiger partial charge is 0.242 e. The van der Waals surface area contributed by atoms with Crippen LogP contribution in [0.3, 0.4) is 0 Å². The van der Waals surface area contributed by atoms with E-state index in [1.54, 1.807) is 24.0 Å².